The van der Waals surface area contributed by atoms with Gasteiger partial charge in [0.05, 0.1) is 24.4 Å². The van der Waals surface area contributed by atoms with E-state index >= 15 is 0 Å². The molecule has 0 amide bonds. The van der Waals surface area contributed by atoms with Gasteiger partial charge < -0.3 is 15.5 Å². The fourth-order valence-corrected chi connectivity index (χ4v) is 4.58. The van der Waals surface area contributed by atoms with Crippen molar-refractivity contribution in [2.24, 2.45) is 0 Å². The lowest BCUT2D eigenvalue weighted by atomic mass is 9.86. The fraction of sp³-hybridized carbons (Fsp3) is 0.111. The number of Topliss-reactive ketones (excluding diaryl/α,β-unsaturated/α-hetero) is 1. The molecule has 5 rings (SSSR count). The molecule has 0 aliphatic carbocycles. The van der Waals surface area contributed by atoms with Crippen LogP contribution in [0.3, 0.4) is 0 Å². The van der Waals surface area contributed by atoms with E-state index in [1.165, 1.54) is 10.7 Å². The van der Waals surface area contributed by atoms with Gasteiger partial charge in [0.1, 0.15) is 5.75 Å². The van der Waals surface area contributed by atoms with Gasteiger partial charge in [-0.2, -0.15) is 0 Å². The number of benzene rings is 3. The van der Waals surface area contributed by atoms with Crippen molar-refractivity contribution >= 4 is 34.0 Å². The smallest absolute Gasteiger partial charge is 0.271 e. The maximum Gasteiger partial charge on any atom is 0.271 e. The average molecular weight is 487 g/mol. The van der Waals surface area contributed by atoms with E-state index in [-0.39, 0.29) is 11.3 Å². The summed E-state index contributed by atoms with van der Waals surface area (Å²) in [7, 11) is 1.60. The lowest BCUT2D eigenvalue weighted by Gasteiger charge is -2.16. The summed E-state index contributed by atoms with van der Waals surface area (Å²) < 4.78 is 6.82. The molecule has 0 bridgehead atoms. The summed E-state index contributed by atoms with van der Waals surface area (Å²) in [6.07, 6.45) is 0. The van der Waals surface area contributed by atoms with Gasteiger partial charge in [0, 0.05) is 38.9 Å². The number of aryl methyl sites for hydroxylation is 1. The number of ether oxygens (including phenoxy) is 1. The Kier molecular flexibility index (Phi) is 5.70. The molecule has 0 saturated heterocycles. The number of nitrogens with one attached hydrogen (secondary N) is 2. The quantitative estimate of drug-likeness (QED) is 0.226. The van der Waals surface area contributed by atoms with Crippen molar-refractivity contribution in [3.05, 3.63) is 111 Å². The van der Waals surface area contributed by atoms with E-state index in [0.717, 1.165) is 22.2 Å². The van der Waals surface area contributed by atoms with Gasteiger partial charge in [-0.1, -0.05) is 17.7 Å². The predicted molar refractivity (Wildman–Crippen MR) is 138 cm³/mol. The second-order valence-electron chi connectivity index (χ2n) is 8.36. The van der Waals surface area contributed by atoms with Gasteiger partial charge in [-0.3, -0.25) is 14.7 Å². The lowest BCUT2D eigenvalue weighted by Crippen LogP contribution is -2.16. The average Bonchev–Trinajstić information content (AvgIpc) is 3.38. The number of carbonyl (C=O) groups excluding carboxylic acids is 1. The van der Waals surface area contributed by atoms with Crippen LogP contribution in [0.1, 0.15) is 33.2 Å². The Labute approximate surface area is 206 Å². The first-order chi connectivity index (χ1) is 16.9. The van der Waals surface area contributed by atoms with Gasteiger partial charge in [0.25, 0.3) is 5.56 Å². The Morgan fingerprint density at radius 3 is 2.54 bits per heavy atom. The number of fused-ring (bicyclic) bond motifs is 1. The molecule has 0 saturated carbocycles. The zero-order valence-electron chi connectivity index (χ0n) is 19.1. The van der Waals surface area contributed by atoms with Crippen LogP contribution in [0.4, 0.5) is 5.69 Å². The van der Waals surface area contributed by atoms with Crippen LogP contribution < -0.4 is 16.0 Å². The third-order valence-electron chi connectivity index (χ3n) is 6.10. The van der Waals surface area contributed by atoms with Gasteiger partial charge in [-0.15, -0.1) is 0 Å². The molecule has 4 N–H and O–H groups in total. The summed E-state index contributed by atoms with van der Waals surface area (Å²) in [6.45, 7) is 1.91. The molecule has 3 aromatic carbocycles. The third-order valence-corrected chi connectivity index (χ3v) is 6.35. The van der Waals surface area contributed by atoms with Crippen molar-refractivity contribution in [3.8, 4) is 11.4 Å². The molecule has 0 spiro atoms. The Balaban J connectivity index is 1.74. The summed E-state index contributed by atoms with van der Waals surface area (Å²) in [5.74, 6) is -0.289. The fourth-order valence-electron chi connectivity index (χ4n) is 4.45. The van der Waals surface area contributed by atoms with Gasteiger partial charge >= 0.3 is 0 Å². The summed E-state index contributed by atoms with van der Waals surface area (Å²) in [6, 6.07) is 20.8. The molecule has 8 heteroatoms. The molecule has 0 fully saturated rings. The van der Waals surface area contributed by atoms with Crippen LogP contribution in [0, 0.1) is 6.92 Å². The number of H-pyrrole nitrogens is 2. The summed E-state index contributed by atoms with van der Waals surface area (Å²) in [4.78, 5) is 30.4. The van der Waals surface area contributed by atoms with Crippen molar-refractivity contribution in [1.29, 1.82) is 0 Å². The highest BCUT2D eigenvalue weighted by Crippen LogP contribution is 2.37. The predicted octanol–water partition coefficient (Wildman–Crippen LogP) is 5.21. The van der Waals surface area contributed by atoms with Gasteiger partial charge in [-0.25, -0.2) is 4.68 Å². The van der Waals surface area contributed by atoms with Crippen LogP contribution in [0.5, 0.6) is 5.75 Å². The van der Waals surface area contributed by atoms with E-state index in [1.807, 2.05) is 25.1 Å². The number of nitrogens with two attached hydrogens (primary N) is 1. The monoisotopic (exact) mass is 486 g/mol. The molecule has 0 radical (unpaired) electrons. The second-order valence-corrected chi connectivity index (χ2v) is 8.80. The summed E-state index contributed by atoms with van der Waals surface area (Å²) in [5, 5.41) is 4.53. The van der Waals surface area contributed by atoms with Crippen molar-refractivity contribution in [1.82, 2.24) is 14.8 Å². The molecule has 35 heavy (non-hydrogen) atoms. The van der Waals surface area contributed by atoms with E-state index in [0.29, 0.717) is 33.4 Å². The number of halogens is 1. The molecule has 1 unspecified atom stereocenters. The first-order valence-electron chi connectivity index (χ1n) is 11.0. The highest BCUT2D eigenvalue weighted by atomic mass is 35.5. The Hall–Kier alpha value is -4.23. The van der Waals surface area contributed by atoms with Crippen LogP contribution in [0.2, 0.25) is 5.02 Å². The minimum absolute atomic E-state index is 0.172. The number of carbonyl (C=O) groups is 1. The van der Waals surface area contributed by atoms with Crippen molar-refractivity contribution < 1.29 is 9.53 Å². The van der Waals surface area contributed by atoms with E-state index < -0.39 is 5.92 Å². The minimum Gasteiger partial charge on any atom is -0.497 e. The molecular weight excluding hydrogens is 464 g/mol. The van der Waals surface area contributed by atoms with Crippen LogP contribution in [-0.4, -0.2) is 27.7 Å². The second kappa shape index (κ2) is 8.85. The van der Waals surface area contributed by atoms with Crippen LogP contribution in [-0.2, 0) is 0 Å². The zero-order chi connectivity index (χ0) is 24.7. The van der Waals surface area contributed by atoms with Gasteiger partial charge in [0.2, 0.25) is 0 Å². The van der Waals surface area contributed by atoms with E-state index in [9.17, 15) is 9.59 Å². The molecular formula is C27H23ClN4O3. The Bertz CT molecular complexity index is 1610. The number of rotatable bonds is 6. The molecule has 7 nitrogen and oxygen atoms in total. The number of nitrogens with zero attached hydrogens (tertiary/aromatic N) is 1. The van der Waals surface area contributed by atoms with Crippen LogP contribution >= 0.6 is 11.6 Å². The number of aromatic nitrogens is 3. The van der Waals surface area contributed by atoms with Crippen LogP contribution in [0.25, 0.3) is 16.6 Å². The summed E-state index contributed by atoms with van der Waals surface area (Å²) >= 11 is 6.06. The zero-order valence-corrected chi connectivity index (χ0v) is 19.9. The number of anilines is 1. The summed E-state index contributed by atoms with van der Waals surface area (Å²) in [5.41, 5.74) is 10.1. The van der Waals surface area contributed by atoms with Gasteiger partial charge in [-0.05, 0) is 73.2 Å². The molecule has 2 heterocycles. The van der Waals surface area contributed by atoms with E-state index in [4.69, 9.17) is 22.1 Å². The standard InChI is InChI=1S/C27H23ClN4O3/c1-15-25(21-13-20(35-2)10-11-22(21)30-15)26(27(34)16-6-8-17(28)9-7-16)23-14-24(33)32(31-23)19-5-3-4-18(29)12-19/h3-14,26,30-31H,29H2,1-2H3. The van der Waals surface area contributed by atoms with E-state index in [2.05, 4.69) is 10.1 Å². The van der Waals surface area contributed by atoms with Crippen molar-refractivity contribution in [3.63, 3.8) is 0 Å². The number of methoxy groups -OCH3 is 1. The molecule has 0 aliphatic heterocycles. The first kappa shape index (κ1) is 22.6. The number of aromatic amines is 2. The maximum absolute atomic E-state index is 14.0. The molecule has 176 valence electrons. The Morgan fingerprint density at radius 1 is 1.06 bits per heavy atom. The normalized spacial score (nSPS) is 12.1. The number of nitrogen functional groups attached to an aromatic ring is 1. The number of ketones is 1. The Morgan fingerprint density at radius 2 is 1.83 bits per heavy atom. The van der Waals surface area contributed by atoms with Crippen molar-refractivity contribution in [2.45, 2.75) is 12.8 Å². The highest BCUT2D eigenvalue weighted by molar-refractivity contribution is 6.30. The number of hydrogen-bond donors (Lipinski definition) is 3. The van der Waals surface area contributed by atoms with Crippen molar-refractivity contribution in [2.75, 3.05) is 12.8 Å². The maximum atomic E-state index is 14.0. The molecule has 2 aromatic heterocycles. The molecule has 0 aliphatic rings. The first-order valence-corrected chi connectivity index (χ1v) is 11.4. The number of hydrogen-bond acceptors (Lipinski definition) is 4. The van der Waals surface area contributed by atoms with E-state index in [1.54, 1.807) is 55.6 Å². The SMILES string of the molecule is COc1ccc2[nH]c(C)c(C(C(=O)c3ccc(Cl)cc3)c3cc(=O)n(-c4cccc(N)c4)[nH]3)c2c1. The molecule has 5 aromatic rings. The topological polar surface area (TPSA) is 106 Å². The lowest BCUT2D eigenvalue weighted by molar-refractivity contribution is 0.0972. The molecule has 1 atom stereocenters. The largest absolute Gasteiger partial charge is 0.497 e. The third kappa shape index (κ3) is 4.11. The minimum atomic E-state index is -0.785. The van der Waals surface area contributed by atoms with Crippen LogP contribution in [0.15, 0.2) is 77.6 Å². The highest BCUT2D eigenvalue weighted by Gasteiger charge is 2.31. The van der Waals surface area contributed by atoms with Gasteiger partial charge in [0.15, 0.2) is 5.78 Å².